The van der Waals surface area contributed by atoms with Gasteiger partial charge in [0.15, 0.2) is 0 Å². The van der Waals surface area contributed by atoms with E-state index in [2.05, 4.69) is 12.8 Å². The molecular weight excluding hydrogens is 184 g/mol. The highest BCUT2D eigenvalue weighted by Crippen LogP contribution is 2.14. The predicted octanol–water partition coefficient (Wildman–Crippen LogP) is 3.76. The number of aliphatic hydroxyl groups excluding tert-OH is 1. The van der Waals surface area contributed by atoms with Crippen molar-refractivity contribution in [1.29, 1.82) is 0 Å². The molecule has 88 valence electrons. The lowest BCUT2D eigenvalue weighted by Crippen LogP contribution is -2.00. The van der Waals surface area contributed by atoms with Crippen molar-refractivity contribution < 1.29 is 5.11 Å². The summed E-state index contributed by atoms with van der Waals surface area (Å²) in [5.74, 6) is 3.05. The molecule has 1 nitrogen and oxygen atoms in total. The fourth-order valence-electron chi connectivity index (χ4n) is 1.81. The first-order chi connectivity index (χ1) is 7.35. The summed E-state index contributed by atoms with van der Waals surface area (Å²) in [7, 11) is 0. The van der Waals surface area contributed by atoms with Crippen molar-refractivity contribution in [3.8, 4) is 12.3 Å². The summed E-state index contributed by atoms with van der Waals surface area (Å²) < 4.78 is 0. The first kappa shape index (κ1) is 14.5. The zero-order chi connectivity index (χ0) is 11.4. The molecule has 0 amide bonds. The van der Waals surface area contributed by atoms with Gasteiger partial charge in [-0.25, -0.2) is 0 Å². The molecule has 0 aromatic heterocycles. The fraction of sp³-hybridized carbons (Fsp3) is 0.857. The normalized spacial score (nSPS) is 12.3. The lowest BCUT2D eigenvalue weighted by molar-refractivity contribution is 0.267. The Hall–Kier alpha value is -0.480. The van der Waals surface area contributed by atoms with Gasteiger partial charge in [-0.05, 0) is 12.8 Å². The summed E-state index contributed by atoms with van der Waals surface area (Å²) in [6.07, 6.45) is 16.5. The molecule has 1 atom stereocenters. The van der Waals surface area contributed by atoms with Gasteiger partial charge in [0, 0.05) is 12.5 Å². The molecule has 15 heavy (non-hydrogen) atoms. The van der Waals surface area contributed by atoms with E-state index in [1.807, 2.05) is 0 Å². The Morgan fingerprint density at radius 2 is 1.60 bits per heavy atom. The van der Waals surface area contributed by atoms with Gasteiger partial charge in [-0.15, -0.1) is 12.3 Å². The van der Waals surface area contributed by atoms with Crippen molar-refractivity contribution in [2.24, 2.45) is 5.92 Å². The average Bonchev–Trinajstić information content (AvgIpc) is 2.26. The van der Waals surface area contributed by atoms with Gasteiger partial charge < -0.3 is 5.11 Å². The quantitative estimate of drug-likeness (QED) is 0.430. The smallest absolute Gasteiger partial charge is 0.0442 e. The minimum Gasteiger partial charge on any atom is -0.396 e. The number of hydrogen-bond donors (Lipinski definition) is 1. The van der Waals surface area contributed by atoms with E-state index in [4.69, 9.17) is 11.5 Å². The van der Waals surface area contributed by atoms with Crippen molar-refractivity contribution >= 4 is 0 Å². The van der Waals surface area contributed by atoms with Crippen molar-refractivity contribution in [2.45, 2.75) is 64.7 Å². The van der Waals surface area contributed by atoms with Gasteiger partial charge >= 0.3 is 0 Å². The molecule has 1 N–H and O–H groups in total. The van der Waals surface area contributed by atoms with Crippen LogP contribution in [0, 0.1) is 18.3 Å². The summed E-state index contributed by atoms with van der Waals surface area (Å²) in [6, 6.07) is 0. The van der Waals surface area contributed by atoms with E-state index in [9.17, 15) is 0 Å². The summed E-state index contributed by atoms with van der Waals surface area (Å²) in [4.78, 5) is 0. The van der Waals surface area contributed by atoms with Crippen LogP contribution in [0.15, 0.2) is 0 Å². The maximum Gasteiger partial charge on any atom is 0.0442 e. The highest BCUT2D eigenvalue weighted by atomic mass is 16.3. The van der Waals surface area contributed by atoms with Crippen LogP contribution in [0.25, 0.3) is 0 Å². The van der Waals surface area contributed by atoms with Gasteiger partial charge in [0.05, 0.1) is 0 Å². The third-order valence-electron chi connectivity index (χ3n) is 2.87. The second-order valence-corrected chi connectivity index (χ2v) is 4.29. The van der Waals surface area contributed by atoms with Gasteiger partial charge in [0.1, 0.15) is 0 Å². The molecule has 0 bridgehead atoms. The number of rotatable bonds is 10. The fourth-order valence-corrected chi connectivity index (χ4v) is 1.81. The molecule has 0 rings (SSSR count). The van der Waals surface area contributed by atoms with Gasteiger partial charge in [-0.1, -0.05) is 51.9 Å². The van der Waals surface area contributed by atoms with Gasteiger partial charge in [-0.3, -0.25) is 0 Å². The molecule has 0 aromatic rings. The zero-order valence-electron chi connectivity index (χ0n) is 10.2. The van der Waals surface area contributed by atoms with E-state index < -0.39 is 0 Å². The Bertz CT molecular complexity index is 157. The van der Waals surface area contributed by atoms with Crippen molar-refractivity contribution in [1.82, 2.24) is 0 Å². The maximum absolute atomic E-state index is 8.77. The molecule has 0 spiro atoms. The topological polar surface area (TPSA) is 20.2 Å². The van der Waals surface area contributed by atoms with E-state index in [0.29, 0.717) is 5.92 Å². The monoisotopic (exact) mass is 210 g/mol. The third kappa shape index (κ3) is 9.82. The summed E-state index contributed by atoms with van der Waals surface area (Å²) in [5, 5.41) is 8.77. The van der Waals surface area contributed by atoms with Crippen LogP contribution >= 0.6 is 0 Å². The molecular formula is C14H26O. The Morgan fingerprint density at radius 3 is 2.13 bits per heavy atom. The average molecular weight is 210 g/mol. The Labute approximate surface area is 95.3 Å². The minimum atomic E-state index is 0.228. The molecule has 0 aromatic carbocycles. The molecule has 0 fully saturated rings. The number of aliphatic hydroxyl groups is 1. The van der Waals surface area contributed by atoms with Crippen LogP contribution in [0.2, 0.25) is 0 Å². The highest BCUT2D eigenvalue weighted by Gasteiger charge is 2.03. The van der Waals surface area contributed by atoms with Gasteiger partial charge in [0.25, 0.3) is 0 Å². The van der Waals surface area contributed by atoms with E-state index in [-0.39, 0.29) is 6.61 Å². The molecule has 0 heterocycles. The van der Waals surface area contributed by atoms with Crippen LogP contribution in [0.3, 0.4) is 0 Å². The molecule has 0 saturated carbocycles. The molecule has 0 aliphatic carbocycles. The summed E-state index contributed by atoms with van der Waals surface area (Å²) in [6.45, 7) is 2.47. The predicted molar refractivity (Wildman–Crippen MR) is 66.6 cm³/mol. The van der Waals surface area contributed by atoms with E-state index in [1.54, 1.807) is 0 Å². The summed E-state index contributed by atoms with van der Waals surface area (Å²) >= 11 is 0. The molecule has 0 saturated heterocycles. The summed E-state index contributed by atoms with van der Waals surface area (Å²) in [5.41, 5.74) is 0. The highest BCUT2D eigenvalue weighted by molar-refractivity contribution is 4.92. The van der Waals surface area contributed by atoms with E-state index in [1.165, 1.54) is 44.9 Å². The van der Waals surface area contributed by atoms with Crippen LogP contribution in [-0.4, -0.2) is 11.7 Å². The Balaban J connectivity index is 3.19. The van der Waals surface area contributed by atoms with Crippen LogP contribution < -0.4 is 0 Å². The molecule has 0 radical (unpaired) electrons. The van der Waals surface area contributed by atoms with Crippen molar-refractivity contribution in [3.05, 3.63) is 0 Å². The van der Waals surface area contributed by atoms with Crippen LogP contribution in [-0.2, 0) is 0 Å². The zero-order valence-corrected chi connectivity index (χ0v) is 10.2. The lowest BCUT2D eigenvalue weighted by Gasteiger charge is -2.08. The number of unbranched alkanes of at least 4 members (excludes halogenated alkanes) is 6. The lowest BCUT2D eigenvalue weighted by atomic mass is 9.98. The standard InChI is InChI=1S/C14H26O/c1-3-5-6-7-8-9-10-11-14(4-2)12-13-15/h2,14-15H,3,5-13H2,1H3. The first-order valence-electron chi connectivity index (χ1n) is 6.42. The first-order valence-corrected chi connectivity index (χ1v) is 6.42. The molecule has 1 unspecified atom stereocenters. The van der Waals surface area contributed by atoms with Crippen LogP contribution in [0.4, 0.5) is 0 Å². The van der Waals surface area contributed by atoms with E-state index in [0.717, 1.165) is 12.8 Å². The SMILES string of the molecule is C#CC(CCO)CCCCCCCCC. The van der Waals surface area contributed by atoms with E-state index >= 15 is 0 Å². The Kier molecular flexibility index (Phi) is 11.2. The van der Waals surface area contributed by atoms with Gasteiger partial charge in [-0.2, -0.15) is 0 Å². The number of terminal acetylenes is 1. The minimum absolute atomic E-state index is 0.228. The van der Waals surface area contributed by atoms with Crippen molar-refractivity contribution in [2.75, 3.05) is 6.61 Å². The molecule has 0 aliphatic heterocycles. The Morgan fingerprint density at radius 1 is 1.00 bits per heavy atom. The second kappa shape index (κ2) is 11.6. The third-order valence-corrected chi connectivity index (χ3v) is 2.87. The van der Waals surface area contributed by atoms with Crippen LogP contribution in [0.5, 0.6) is 0 Å². The van der Waals surface area contributed by atoms with Crippen LogP contribution in [0.1, 0.15) is 64.7 Å². The van der Waals surface area contributed by atoms with Gasteiger partial charge in [0.2, 0.25) is 0 Å². The molecule has 1 heteroatoms. The number of hydrogen-bond acceptors (Lipinski definition) is 1. The van der Waals surface area contributed by atoms with Crippen molar-refractivity contribution in [3.63, 3.8) is 0 Å². The largest absolute Gasteiger partial charge is 0.396 e. The second-order valence-electron chi connectivity index (χ2n) is 4.29. The maximum atomic E-state index is 8.77. The molecule has 0 aliphatic rings.